The van der Waals surface area contributed by atoms with E-state index >= 15 is 0 Å². The van der Waals surface area contributed by atoms with Gasteiger partial charge in [-0.05, 0) is 31.2 Å². The minimum absolute atomic E-state index is 0.0375. The van der Waals surface area contributed by atoms with Crippen LogP contribution in [0.25, 0.3) is 0 Å². The number of hydrogen-bond donors (Lipinski definition) is 3. The first-order chi connectivity index (χ1) is 9.49. The summed E-state index contributed by atoms with van der Waals surface area (Å²) in [5, 5.41) is 21.1. The second-order valence-electron chi connectivity index (χ2n) is 4.15. The number of carbonyl (C=O) groups is 2. The molecule has 2 rings (SSSR count). The smallest absolute Gasteiger partial charge is 0.339 e. The van der Waals surface area contributed by atoms with E-state index in [2.05, 4.69) is 10.3 Å². The highest BCUT2D eigenvalue weighted by atomic mass is 16.4. The molecule has 0 atom stereocenters. The van der Waals surface area contributed by atoms with E-state index in [0.29, 0.717) is 5.56 Å². The summed E-state index contributed by atoms with van der Waals surface area (Å²) >= 11 is 0. The monoisotopic (exact) mass is 272 g/mol. The molecule has 1 aromatic heterocycles. The minimum atomic E-state index is -1.27. The van der Waals surface area contributed by atoms with Gasteiger partial charge in [0, 0.05) is 11.9 Å². The van der Waals surface area contributed by atoms with Crippen LogP contribution in [0, 0.1) is 6.92 Å². The van der Waals surface area contributed by atoms with Gasteiger partial charge in [-0.2, -0.15) is 0 Å². The van der Waals surface area contributed by atoms with Crippen molar-refractivity contribution in [2.45, 2.75) is 6.92 Å². The summed E-state index contributed by atoms with van der Waals surface area (Å²) in [4.78, 5) is 26.8. The lowest BCUT2D eigenvalue weighted by molar-refractivity contribution is 0.0693. The van der Waals surface area contributed by atoms with Crippen LogP contribution < -0.4 is 5.32 Å². The Balaban J connectivity index is 2.26. The van der Waals surface area contributed by atoms with Gasteiger partial charge in [0.2, 0.25) is 0 Å². The number of rotatable bonds is 3. The molecule has 0 fully saturated rings. The van der Waals surface area contributed by atoms with Crippen LogP contribution >= 0.6 is 0 Å². The van der Waals surface area contributed by atoms with Crippen LogP contribution in [0.15, 0.2) is 36.5 Å². The topological polar surface area (TPSA) is 99.5 Å². The van der Waals surface area contributed by atoms with Crippen molar-refractivity contribution in [3.8, 4) is 5.75 Å². The average Bonchev–Trinajstić information content (AvgIpc) is 2.41. The molecule has 20 heavy (non-hydrogen) atoms. The van der Waals surface area contributed by atoms with Crippen molar-refractivity contribution in [3.05, 3.63) is 53.3 Å². The number of nitrogens with zero attached hydrogens (tertiary/aromatic N) is 1. The van der Waals surface area contributed by atoms with E-state index in [1.807, 2.05) is 0 Å². The molecule has 0 aliphatic carbocycles. The lowest BCUT2D eigenvalue weighted by atomic mass is 10.1. The van der Waals surface area contributed by atoms with Gasteiger partial charge in [-0.3, -0.25) is 9.78 Å². The van der Waals surface area contributed by atoms with E-state index in [-0.39, 0.29) is 11.3 Å². The third-order valence-electron chi connectivity index (χ3n) is 2.69. The van der Waals surface area contributed by atoms with Gasteiger partial charge in [-0.25, -0.2) is 4.79 Å². The zero-order chi connectivity index (χ0) is 14.7. The normalized spacial score (nSPS) is 10.1. The van der Waals surface area contributed by atoms with Crippen LogP contribution in [0.4, 0.5) is 5.69 Å². The summed E-state index contributed by atoms with van der Waals surface area (Å²) in [5.41, 5.74) is 0.855. The SMILES string of the molecule is Cc1ccc(C(=O)Nc2cccc(C(=O)O)c2O)cn1. The Morgan fingerprint density at radius 3 is 2.55 bits per heavy atom. The number of aromatic carboxylic acids is 1. The second kappa shape index (κ2) is 5.40. The Kier molecular flexibility index (Phi) is 3.65. The molecule has 1 aromatic carbocycles. The van der Waals surface area contributed by atoms with Crippen molar-refractivity contribution in [3.63, 3.8) is 0 Å². The summed E-state index contributed by atoms with van der Waals surface area (Å²) in [6, 6.07) is 7.38. The third kappa shape index (κ3) is 2.74. The van der Waals surface area contributed by atoms with Gasteiger partial charge in [0.15, 0.2) is 5.75 Å². The number of aryl methyl sites for hydroxylation is 1. The molecule has 0 radical (unpaired) electrons. The van der Waals surface area contributed by atoms with E-state index in [1.54, 1.807) is 19.1 Å². The second-order valence-corrected chi connectivity index (χ2v) is 4.15. The summed E-state index contributed by atoms with van der Waals surface area (Å²) in [6.45, 7) is 1.80. The maximum absolute atomic E-state index is 11.9. The van der Waals surface area contributed by atoms with E-state index in [9.17, 15) is 14.7 Å². The minimum Gasteiger partial charge on any atom is -0.505 e. The molecule has 0 bridgehead atoms. The zero-order valence-corrected chi connectivity index (χ0v) is 10.6. The maximum Gasteiger partial charge on any atom is 0.339 e. The number of hydrogen-bond acceptors (Lipinski definition) is 4. The number of anilines is 1. The van der Waals surface area contributed by atoms with Crippen LogP contribution in [-0.4, -0.2) is 27.1 Å². The van der Waals surface area contributed by atoms with E-state index in [4.69, 9.17) is 5.11 Å². The maximum atomic E-state index is 11.9. The lowest BCUT2D eigenvalue weighted by Crippen LogP contribution is -2.13. The number of carboxylic acid groups (broad SMARTS) is 1. The molecule has 0 aliphatic rings. The Morgan fingerprint density at radius 2 is 1.95 bits per heavy atom. The van der Waals surface area contributed by atoms with E-state index in [0.717, 1.165) is 5.69 Å². The number of aromatic hydroxyl groups is 1. The van der Waals surface area contributed by atoms with Crippen molar-refractivity contribution in [1.82, 2.24) is 4.98 Å². The van der Waals surface area contributed by atoms with Gasteiger partial charge in [0.1, 0.15) is 5.56 Å². The standard InChI is InChI=1S/C14H12N2O4/c1-8-5-6-9(7-15-8)13(18)16-11-4-2-3-10(12(11)17)14(19)20/h2-7,17H,1H3,(H,16,18)(H,19,20). The fourth-order valence-corrected chi connectivity index (χ4v) is 1.61. The number of amides is 1. The molecule has 102 valence electrons. The molecule has 0 aliphatic heterocycles. The van der Waals surface area contributed by atoms with Gasteiger partial charge in [-0.1, -0.05) is 6.07 Å². The van der Waals surface area contributed by atoms with Crippen LogP contribution in [0.3, 0.4) is 0 Å². The van der Waals surface area contributed by atoms with Gasteiger partial charge >= 0.3 is 5.97 Å². The molecule has 3 N–H and O–H groups in total. The van der Waals surface area contributed by atoms with Crippen molar-refractivity contribution in [1.29, 1.82) is 0 Å². The number of pyridine rings is 1. The highest BCUT2D eigenvalue weighted by Gasteiger charge is 2.15. The quantitative estimate of drug-likeness (QED) is 0.742. The number of carboxylic acids is 1. The first-order valence-corrected chi connectivity index (χ1v) is 5.78. The molecule has 2 aromatic rings. The van der Waals surface area contributed by atoms with Crippen LogP contribution in [0.2, 0.25) is 0 Å². The highest BCUT2D eigenvalue weighted by Crippen LogP contribution is 2.27. The molecule has 6 heteroatoms. The van der Waals surface area contributed by atoms with Crippen LogP contribution in [-0.2, 0) is 0 Å². The largest absolute Gasteiger partial charge is 0.505 e. The molecule has 0 spiro atoms. The fourth-order valence-electron chi connectivity index (χ4n) is 1.61. The summed E-state index contributed by atoms with van der Waals surface area (Å²) in [5.74, 6) is -2.22. The lowest BCUT2D eigenvalue weighted by Gasteiger charge is -2.09. The van der Waals surface area contributed by atoms with Gasteiger partial charge in [0.25, 0.3) is 5.91 Å². The molecule has 0 saturated heterocycles. The number of nitrogens with one attached hydrogen (secondary N) is 1. The molecule has 1 amide bonds. The van der Waals surface area contributed by atoms with Crippen LogP contribution in [0.1, 0.15) is 26.4 Å². The number of phenols is 1. The fraction of sp³-hybridized carbons (Fsp3) is 0.0714. The summed E-state index contributed by atoms with van der Waals surface area (Å²) in [7, 11) is 0. The molecule has 1 heterocycles. The number of para-hydroxylation sites is 1. The molecular formula is C14H12N2O4. The van der Waals surface area contributed by atoms with Crippen molar-refractivity contribution < 1.29 is 19.8 Å². The van der Waals surface area contributed by atoms with Gasteiger partial charge in [0.05, 0.1) is 11.3 Å². The highest BCUT2D eigenvalue weighted by molar-refractivity contribution is 6.06. The third-order valence-corrected chi connectivity index (χ3v) is 2.69. The predicted molar refractivity (Wildman–Crippen MR) is 72.0 cm³/mol. The van der Waals surface area contributed by atoms with Crippen LogP contribution in [0.5, 0.6) is 5.75 Å². The van der Waals surface area contributed by atoms with Crippen molar-refractivity contribution >= 4 is 17.6 Å². The van der Waals surface area contributed by atoms with Crippen molar-refractivity contribution in [2.24, 2.45) is 0 Å². The zero-order valence-electron chi connectivity index (χ0n) is 10.6. The molecule has 0 unspecified atom stereocenters. The molecular weight excluding hydrogens is 260 g/mol. The van der Waals surface area contributed by atoms with Crippen molar-refractivity contribution in [2.75, 3.05) is 5.32 Å². The van der Waals surface area contributed by atoms with E-state index < -0.39 is 17.6 Å². The summed E-state index contributed by atoms with van der Waals surface area (Å²) in [6.07, 6.45) is 1.41. The first-order valence-electron chi connectivity index (χ1n) is 5.78. The Bertz CT molecular complexity index is 665. The summed E-state index contributed by atoms with van der Waals surface area (Å²) < 4.78 is 0. The Morgan fingerprint density at radius 1 is 1.20 bits per heavy atom. The molecule has 0 saturated carbocycles. The van der Waals surface area contributed by atoms with Gasteiger partial charge < -0.3 is 15.5 Å². The average molecular weight is 272 g/mol. The number of benzene rings is 1. The van der Waals surface area contributed by atoms with E-state index in [1.165, 1.54) is 24.4 Å². The van der Waals surface area contributed by atoms with Gasteiger partial charge in [-0.15, -0.1) is 0 Å². The first kappa shape index (κ1) is 13.5. The predicted octanol–water partition coefficient (Wildman–Crippen LogP) is 2.05. The Labute approximate surface area is 114 Å². The number of carbonyl (C=O) groups excluding carboxylic acids is 1. The number of aromatic nitrogens is 1. The Hall–Kier alpha value is -2.89. The molecule has 6 nitrogen and oxygen atoms in total.